The Morgan fingerprint density at radius 1 is 1.28 bits per heavy atom. The largest absolute Gasteiger partial charge is 0.235 e. The van der Waals surface area contributed by atoms with Gasteiger partial charge in [0, 0.05) is 13.1 Å². The van der Waals surface area contributed by atoms with Gasteiger partial charge in [-0.3, -0.25) is 0 Å². The number of piperidine rings is 1. The molecule has 0 aromatic rings. The summed E-state index contributed by atoms with van der Waals surface area (Å²) in [6.45, 7) is 7.03. The molecule has 1 aliphatic heterocycles. The summed E-state index contributed by atoms with van der Waals surface area (Å²) < 4.78 is 25.8. The predicted molar refractivity (Wildman–Crippen MR) is 70.6 cm³/mol. The van der Waals surface area contributed by atoms with Crippen LogP contribution < -0.4 is 0 Å². The third-order valence-corrected chi connectivity index (χ3v) is 5.03. The van der Waals surface area contributed by atoms with Crippen LogP contribution >= 0.6 is 0 Å². The zero-order valence-electron chi connectivity index (χ0n) is 11.3. The molecular formula is C12H22N2O3S. The van der Waals surface area contributed by atoms with E-state index in [-0.39, 0.29) is 17.2 Å². The lowest BCUT2D eigenvalue weighted by Crippen LogP contribution is -2.41. The summed E-state index contributed by atoms with van der Waals surface area (Å²) in [5, 5.41) is 0. The van der Waals surface area contributed by atoms with Crippen molar-refractivity contribution in [3.05, 3.63) is 0 Å². The fourth-order valence-corrected chi connectivity index (χ4v) is 3.78. The molecule has 0 bridgehead atoms. The summed E-state index contributed by atoms with van der Waals surface area (Å²) in [5.41, 5.74) is 0.0210. The minimum absolute atomic E-state index is 0.0210. The first-order chi connectivity index (χ1) is 8.24. The normalized spacial score (nSPS) is 19.5. The highest BCUT2D eigenvalue weighted by atomic mass is 32.2. The number of rotatable bonds is 4. The lowest BCUT2D eigenvalue weighted by Gasteiger charge is -2.29. The number of hydrogen-bond donors (Lipinski definition) is 0. The quantitative estimate of drug-likeness (QED) is 0.577. The van der Waals surface area contributed by atoms with Crippen LogP contribution in [-0.4, -0.2) is 43.7 Å². The molecule has 1 saturated heterocycles. The van der Waals surface area contributed by atoms with Gasteiger partial charge in [-0.25, -0.2) is 22.5 Å². The van der Waals surface area contributed by atoms with Gasteiger partial charge in [-0.05, 0) is 24.7 Å². The summed E-state index contributed by atoms with van der Waals surface area (Å²) in [6, 6.07) is -0.0587. The molecule has 1 heterocycles. The lowest BCUT2D eigenvalue weighted by molar-refractivity contribution is 0.316. The van der Waals surface area contributed by atoms with Crippen molar-refractivity contribution in [1.29, 1.82) is 0 Å². The van der Waals surface area contributed by atoms with Crippen LogP contribution in [0.15, 0.2) is 4.99 Å². The molecule has 0 spiro atoms. The Labute approximate surface area is 109 Å². The van der Waals surface area contributed by atoms with E-state index in [0.29, 0.717) is 32.4 Å². The van der Waals surface area contributed by atoms with Crippen molar-refractivity contribution >= 4 is 16.1 Å². The molecule has 0 unspecified atom stereocenters. The molecule has 1 rings (SSSR count). The Balaban J connectivity index is 2.53. The molecule has 0 atom stereocenters. The van der Waals surface area contributed by atoms with Gasteiger partial charge in [-0.15, -0.1) is 0 Å². The number of nitrogens with zero attached hydrogens (tertiary/aromatic N) is 2. The summed E-state index contributed by atoms with van der Waals surface area (Å²) >= 11 is 0. The van der Waals surface area contributed by atoms with Gasteiger partial charge < -0.3 is 0 Å². The summed E-state index contributed by atoms with van der Waals surface area (Å²) in [6.07, 6.45) is 3.43. The van der Waals surface area contributed by atoms with E-state index >= 15 is 0 Å². The number of sulfonamides is 1. The van der Waals surface area contributed by atoms with Crippen LogP contribution in [0.2, 0.25) is 0 Å². The molecule has 1 aliphatic rings. The van der Waals surface area contributed by atoms with Crippen molar-refractivity contribution in [2.24, 2.45) is 10.4 Å². The van der Waals surface area contributed by atoms with Gasteiger partial charge >= 0.3 is 0 Å². The number of carbonyl (C=O) groups excluding carboxylic acids is 1. The molecular weight excluding hydrogens is 252 g/mol. The van der Waals surface area contributed by atoms with Crippen molar-refractivity contribution in [3.8, 4) is 0 Å². The van der Waals surface area contributed by atoms with Crippen LogP contribution in [0.3, 0.4) is 0 Å². The maximum atomic E-state index is 12.1. The summed E-state index contributed by atoms with van der Waals surface area (Å²) in [7, 11) is -3.16. The molecule has 0 amide bonds. The van der Waals surface area contributed by atoms with Crippen LogP contribution in [0.1, 0.15) is 40.0 Å². The van der Waals surface area contributed by atoms with E-state index in [1.807, 2.05) is 20.8 Å². The first kappa shape index (κ1) is 15.3. The smallest absolute Gasteiger partial charge is 0.212 e. The summed E-state index contributed by atoms with van der Waals surface area (Å²) in [5.74, 6) is 0.193. The lowest BCUT2D eigenvalue weighted by atomic mass is 9.94. The molecule has 0 aliphatic carbocycles. The van der Waals surface area contributed by atoms with E-state index in [4.69, 9.17) is 0 Å². The van der Waals surface area contributed by atoms with Crippen molar-refractivity contribution in [2.45, 2.75) is 46.1 Å². The molecule has 6 heteroatoms. The highest BCUT2D eigenvalue weighted by Gasteiger charge is 2.28. The summed E-state index contributed by atoms with van der Waals surface area (Å²) in [4.78, 5) is 13.8. The van der Waals surface area contributed by atoms with Crippen molar-refractivity contribution in [1.82, 2.24) is 4.31 Å². The standard InChI is InChI=1S/C12H22N2O3S/c1-12(2,3)6-9-18(16,17)14-7-4-11(5-8-14)13-10-15/h11H,4-9H2,1-3H3. The molecule has 0 N–H and O–H groups in total. The third-order valence-electron chi connectivity index (χ3n) is 3.16. The van der Waals surface area contributed by atoms with Crippen LogP contribution in [-0.2, 0) is 14.8 Å². The van der Waals surface area contributed by atoms with Gasteiger partial charge in [0.2, 0.25) is 16.1 Å². The Hall–Kier alpha value is -0.710. The first-order valence-electron chi connectivity index (χ1n) is 6.29. The van der Waals surface area contributed by atoms with E-state index in [2.05, 4.69) is 4.99 Å². The maximum Gasteiger partial charge on any atom is 0.235 e. The third kappa shape index (κ3) is 4.88. The van der Waals surface area contributed by atoms with Crippen LogP contribution in [0.4, 0.5) is 0 Å². The molecule has 0 aromatic heterocycles. The van der Waals surface area contributed by atoms with Crippen molar-refractivity contribution in [3.63, 3.8) is 0 Å². The number of isocyanates is 1. The fraction of sp³-hybridized carbons (Fsp3) is 0.917. The molecule has 0 radical (unpaired) electrons. The topological polar surface area (TPSA) is 66.8 Å². The maximum absolute atomic E-state index is 12.1. The van der Waals surface area contributed by atoms with Gasteiger partial charge in [-0.1, -0.05) is 20.8 Å². The highest BCUT2D eigenvalue weighted by molar-refractivity contribution is 7.89. The van der Waals surface area contributed by atoms with Crippen LogP contribution in [0, 0.1) is 5.41 Å². The van der Waals surface area contributed by atoms with Gasteiger partial charge in [-0.2, -0.15) is 0 Å². The van der Waals surface area contributed by atoms with Crippen LogP contribution in [0.25, 0.3) is 0 Å². The van der Waals surface area contributed by atoms with E-state index < -0.39 is 10.0 Å². The second-order valence-electron chi connectivity index (χ2n) is 5.98. The molecule has 0 saturated carbocycles. The fourth-order valence-electron chi connectivity index (χ4n) is 1.89. The Bertz CT molecular complexity index is 411. The second-order valence-corrected chi connectivity index (χ2v) is 8.07. The Morgan fingerprint density at radius 2 is 1.83 bits per heavy atom. The Kier molecular flexibility index (Phi) is 5.08. The highest BCUT2D eigenvalue weighted by Crippen LogP contribution is 2.22. The van der Waals surface area contributed by atoms with Gasteiger partial charge in [0.05, 0.1) is 11.8 Å². The average Bonchev–Trinajstić information content (AvgIpc) is 2.27. The molecule has 5 nitrogen and oxygen atoms in total. The number of aliphatic imine (C=N–C) groups is 1. The van der Waals surface area contributed by atoms with E-state index in [1.54, 1.807) is 6.08 Å². The zero-order chi connectivity index (χ0) is 13.8. The number of hydrogen-bond acceptors (Lipinski definition) is 4. The van der Waals surface area contributed by atoms with E-state index in [9.17, 15) is 13.2 Å². The van der Waals surface area contributed by atoms with Crippen LogP contribution in [0.5, 0.6) is 0 Å². The van der Waals surface area contributed by atoms with Crippen molar-refractivity contribution in [2.75, 3.05) is 18.8 Å². The predicted octanol–water partition coefficient (Wildman–Crippen LogP) is 1.55. The molecule has 0 aromatic carbocycles. The first-order valence-corrected chi connectivity index (χ1v) is 7.90. The van der Waals surface area contributed by atoms with Gasteiger partial charge in [0.25, 0.3) is 0 Å². The van der Waals surface area contributed by atoms with E-state index in [1.165, 1.54) is 4.31 Å². The molecule has 1 fully saturated rings. The average molecular weight is 274 g/mol. The minimum Gasteiger partial charge on any atom is -0.212 e. The van der Waals surface area contributed by atoms with Gasteiger partial charge in [0.1, 0.15) is 0 Å². The van der Waals surface area contributed by atoms with Crippen molar-refractivity contribution < 1.29 is 13.2 Å². The molecule has 18 heavy (non-hydrogen) atoms. The van der Waals surface area contributed by atoms with Gasteiger partial charge in [0.15, 0.2) is 0 Å². The Morgan fingerprint density at radius 3 is 2.28 bits per heavy atom. The minimum atomic E-state index is -3.16. The van der Waals surface area contributed by atoms with E-state index in [0.717, 1.165) is 0 Å². The second kappa shape index (κ2) is 5.95. The SMILES string of the molecule is CC(C)(C)CCS(=O)(=O)N1CCC(N=C=O)CC1. The molecule has 104 valence electrons. The monoisotopic (exact) mass is 274 g/mol. The zero-order valence-corrected chi connectivity index (χ0v) is 12.2.